The molecule has 0 aromatic heterocycles. The maximum absolute atomic E-state index is 13.7. The van der Waals surface area contributed by atoms with Crippen LogP contribution in [0.1, 0.15) is 12.5 Å². The van der Waals surface area contributed by atoms with E-state index in [4.69, 9.17) is 0 Å². The Morgan fingerprint density at radius 1 is 1.00 bits per heavy atom. The third-order valence-electron chi connectivity index (χ3n) is 4.22. The number of carbonyl (C=O) groups excluding carboxylic acids is 1. The minimum absolute atomic E-state index is 0.385. The molecule has 7 heteroatoms. The average molecular weight is 365 g/mol. The first-order valence-electron chi connectivity index (χ1n) is 8.11. The number of halogens is 3. The van der Waals surface area contributed by atoms with Gasteiger partial charge in [-0.2, -0.15) is 0 Å². The van der Waals surface area contributed by atoms with Crippen LogP contribution in [-0.4, -0.2) is 38.0 Å². The second-order valence-electron chi connectivity index (χ2n) is 6.36. The molecule has 26 heavy (non-hydrogen) atoms. The molecule has 140 valence electrons. The van der Waals surface area contributed by atoms with Crippen molar-refractivity contribution < 1.29 is 18.0 Å². The molecule has 0 bridgehead atoms. The highest BCUT2D eigenvalue weighted by molar-refractivity contribution is 5.94. The summed E-state index contributed by atoms with van der Waals surface area (Å²) in [6.45, 7) is 2.16. The number of hydrogen-bond donors (Lipinski definition) is 1. The van der Waals surface area contributed by atoms with Gasteiger partial charge in [-0.15, -0.1) is 0 Å². The lowest BCUT2D eigenvalue weighted by Crippen LogP contribution is -2.39. The van der Waals surface area contributed by atoms with Gasteiger partial charge in [-0.25, -0.2) is 13.2 Å². The van der Waals surface area contributed by atoms with E-state index in [9.17, 15) is 18.0 Å². The molecule has 0 saturated carbocycles. The number of nitrogens with one attached hydrogen (secondary N) is 1. The van der Waals surface area contributed by atoms with Crippen LogP contribution in [0.4, 0.5) is 24.5 Å². The Hall–Kier alpha value is -2.54. The predicted molar refractivity (Wildman–Crippen MR) is 96.6 cm³/mol. The Kier molecular flexibility index (Phi) is 6.26. The summed E-state index contributed by atoms with van der Waals surface area (Å²) in [7, 11) is 5.65. The molecule has 0 aliphatic heterocycles. The van der Waals surface area contributed by atoms with Crippen molar-refractivity contribution in [2.45, 2.75) is 19.5 Å². The molecule has 4 nitrogen and oxygen atoms in total. The van der Waals surface area contributed by atoms with E-state index < -0.39 is 29.4 Å². The zero-order valence-corrected chi connectivity index (χ0v) is 15.2. The number of amides is 1. The third-order valence-corrected chi connectivity index (χ3v) is 4.22. The van der Waals surface area contributed by atoms with Crippen LogP contribution in [0.15, 0.2) is 36.4 Å². The predicted octanol–water partition coefficient (Wildman–Crippen LogP) is 3.63. The minimum atomic E-state index is -1.61. The number of nitrogens with zero attached hydrogens (tertiary/aromatic N) is 2. The quantitative estimate of drug-likeness (QED) is 0.794. The second-order valence-corrected chi connectivity index (χ2v) is 6.36. The maximum atomic E-state index is 13.7. The molecule has 0 fully saturated rings. The van der Waals surface area contributed by atoms with Crippen LogP contribution in [0, 0.1) is 17.5 Å². The van der Waals surface area contributed by atoms with Gasteiger partial charge in [-0.1, -0.05) is 12.1 Å². The highest BCUT2D eigenvalue weighted by atomic mass is 19.2. The van der Waals surface area contributed by atoms with Crippen LogP contribution in [-0.2, 0) is 11.3 Å². The molecule has 2 rings (SSSR count). The van der Waals surface area contributed by atoms with Crippen molar-refractivity contribution in [3.63, 3.8) is 0 Å². The fourth-order valence-electron chi connectivity index (χ4n) is 2.38. The van der Waals surface area contributed by atoms with Crippen LogP contribution in [0.25, 0.3) is 0 Å². The highest BCUT2D eigenvalue weighted by Gasteiger charge is 2.21. The van der Waals surface area contributed by atoms with Crippen molar-refractivity contribution in [2.24, 2.45) is 0 Å². The average Bonchev–Trinajstić information content (AvgIpc) is 2.61. The highest BCUT2D eigenvalue weighted by Crippen LogP contribution is 2.20. The Morgan fingerprint density at radius 2 is 1.62 bits per heavy atom. The van der Waals surface area contributed by atoms with Gasteiger partial charge in [-0.3, -0.25) is 9.69 Å². The van der Waals surface area contributed by atoms with Gasteiger partial charge in [0.25, 0.3) is 0 Å². The van der Waals surface area contributed by atoms with E-state index >= 15 is 0 Å². The van der Waals surface area contributed by atoms with E-state index in [-0.39, 0.29) is 5.69 Å². The van der Waals surface area contributed by atoms with Gasteiger partial charge in [0.15, 0.2) is 17.5 Å². The van der Waals surface area contributed by atoms with E-state index in [0.29, 0.717) is 6.54 Å². The fourth-order valence-corrected chi connectivity index (χ4v) is 2.38. The van der Waals surface area contributed by atoms with Gasteiger partial charge in [-0.05, 0) is 43.8 Å². The van der Waals surface area contributed by atoms with Crippen molar-refractivity contribution in [3.05, 3.63) is 59.4 Å². The first-order chi connectivity index (χ1) is 12.2. The van der Waals surface area contributed by atoms with E-state index in [1.54, 1.807) is 18.9 Å². The number of benzene rings is 2. The van der Waals surface area contributed by atoms with Crippen LogP contribution in [0.2, 0.25) is 0 Å². The topological polar surface area (TPSA) is 35.6 Å². The van der Waals surface area contributed by atoms with Gasteiger partial charge in [0.2, 0.25) is 5.91 Å². The number of hydrogen-bond acceptors (Lipinski definition) is 3. The Bertz CT molecular complexity index is 778. The van der Waals surface area contributed by atoms with Gasteiger partial charge < -0.3 is 10.2 Å². The van der Waals surface area contributed by atoms with Gasteiger partial charge in [0, 0.05) is 26.3 Å². The van der Waals surface area contributed by atoms with Crippen molar-refractivity contribution in [2.75, 3.05) is 31.4 Å². The van der Waals surface area contributed by atoms with Crippen molar-refractivity contribution in [1.29, 1.82) is 0 Å². The summed E-state index contributed by atoms with van der Waals surface area (Å²) < 4.78 is 39.9. The van der Waals surface area contributed by atoms with Crippen LogP contribution < -0.4 is 10.2 Å². The van der Waals surface area contributed by atoms with E-state index in [0.717, 1.165) is 23.4 Å². The molecular formula is C19H22F3N3O. The third kappa shape index (κ3) is 4.54. The molecule has 0 unspecified atom stereocenters. The van der Waals surface area contributed by atoms with Gasteiger partial charge >= 0.3 is 0 Å². The summed E-state index contributed by atoms with van der Waals surface area (Å²) >= 11 is 0. The van der Waals surface area contributed by atoms with E-state index in [1.165, 1.54) is 0 Å². The van der Waals surface area contributed by atoms with Gasteiger partial charge in [0.1, 0.15) is 0 Å². The lowest BCUT2D eigenvalue weighted by molar-refractivity contribution is -0.120. The largest absolute Gasteiger partial charge is 0.378 e. The second kappa shape index (κ2) is 8.23. The summed E-state index contributed by atoms with van der Waals surface area (Å²) in [4.78, 5) is 16.1. The van der Waals surface area contributed by atoms with Crippen molar-refractivity contribution >= 4 is 17.3 Å². The molecule has 1 amide bonds. The molecule has 1 N–H and O–H groups in total. The Labute approximate surface area is 151 Å². The Balaban J connectivity index is 2.02. The first kappa shape index (κ1) is 19.8. The van der Waals surface area contributed by atoms with Crippen LogP contribution in [0.3, 0.4) is 0 Å². The number of likely N-dealkylation sites (N-methyl/N-ethyl adjacent to an activating group) is 1. The summed E-state index contributed by atoms with van der Waals surface area (Å²) in [6.07, 6.45) is 0. The molecule has 0 radical (unpaired) electrons. The minimum Gasteiger partial charge on any atom is -0.378 e. The lowest BCUT2D eigenvalue weighted by Gasteiger charge is -2.24. The maximum Gasteiger partial charge on any atom is 0.241 e. The van der Waals surface area contributed by atoms with E-state index in [1.807, 2.05) is 43.3 Å². The van der Waals surface area contributed by atoms with Crippen LogP contribution >= 0.6 is 0 Å². The summed E-state index contributed by atoms with van der Waals surface area (Å²) in [5.41, 5.74) is 1.69. The Morgan fingerprint density at radius 3 is 2.19 bits per heavy atom. The SMILES string of the molecule is C[C@@H](C(=O)Nc1ccc(F)c(F)c1F)N(C)Cc1ccc(N(C)C)cc1. The molecule has 0 heterocycles. The first-order valence-corrected chi connectivity index (χ1v) is 8.11. The molecule has 0 aliphatic rings. The number of anilines is 2. The fraction of sp³-hybridized carbons (Fsp3) is 0.316. The zero-order chi connectivity index (χ0) is 19.4. The summed E-state index contributed by atoms with van der Waals surface area (Å²) in [5, 5.41) is 2.30. The monoisotopic (exact) mass is 365 g/mol. The summed E-state index contributed by atoms with van der Waals surface area (Å²) in [6, 6.07) is 9.05. The summed E-state index contributed by atoms with van der Waals surface area (Å²) in [5.74, 6) is -4.83. The molecule has 2 aromatic carbocycles. The molecule has 0 saturated heterocycles. The zero-order valence-electron chi connectivity index (χ0n) is 15.2. The normalized spacial score (nSPS) is 12.2. The molecule has 0 aliphatic carbocycles. The standard InChI is InChI=1S/C19H22F3N3O/c1-12(19(26)23-16-10-9-15(20)17(21)18(16)22)25(4)11-13-5-7-14(8-6-13)24(2)3/h5-10,12H,11H2,1-4H3,(H,23,26)/t12-/m0/s1. The van der Waals surface area contributed by atoms with Crippen molar-refractivity contribution in [3.8, 4) is 0 Å². The molecular weight excluding hydrogens is 343 g/mol. The molecule has 1 atom stereocenters. The van der Waals surface area contributed by atoms with Gasteiger partial charge in [0.05, 0.1) is 11.7 Å². The molecule has 0 spiro atoms. The smallest absolute Gasteiger partial charge is 0.241 e. The van der Waals surface area contributed by atoms with Crippen LogP contribution in [0.5, 0.6) is 0 Å². The number of rotatable bonds is 6. The lowest BCUT2D eigenvalue weighted by atomic mass is 10.1. The molecule has 2 aromatic rings. The number of carbonyl (C=O) groups is 1. The van der Waals surface area contributed by atoms with Crippen molar-refractivity contribution in [1.82, 2.24) is 4.90 Å². The van der Waals surface area contributed by atoms with E-state index in [2.05, 4.69) is 5.32 Å².